The molecular weight excluding hydrogens is 326 g/mol. The molecule has 0 fully saturated rings. The molecule has 0 aliphatic rings. The van der Waals surface area contributed by atoms with E-state index in [0.29, 0.717) is 11.6 Å². The molecule has 0 spiro atoms. The Morgan fingerprint density at radius 3 is 2.63 bits per heavy atom. The van der Waals surface area contributed by atoms with Gasteiger partial charge in [0.05, 0.1) is 4.47 Å². The summed E-state index contributed by atoms with van der Waals surface area (Å²) in [5, 5.41) is 0.668. The standard InChI is InChI=1S/C15H15BrClNO/c1-10-6-7-14(12(16)8-10)19-15(9-18)11-4-2-3-5-13(11)17/h2-8,15H,9,18H2,1H3. The van der Waals surface area contributed by atoms with E-state index in [9.17, 15) is 0 Å². The lowest BCUT2D eigenvalue weighted by Crippen LogP contribution is -2.19. The van der Waals surface area contributed by atoms with Crippen LogP contribution in [-0.4, -0.2) is 6.54 Å². The van der Waals surface area contributed by atoms with Crippen LogP contribution < -0.4 is 10.5 Å². The van der Waals surface area contributed by atoms with Gasteiger partial charge in [-0.3, -0.25) is 0 Å². The summed E-state index contributed by atoms with van der Waals surface area (Å²) < 4.78 is 6.87. The maximum Gasteiger partial charge on any atom is 0.137 e. The summed E-state index contributed by atoms with van der Waals surface area (Å²) in [4.78, 5) is 0. The molecule has 100 valence electrons. The van der Waals surface area contributed by atoms with Crippen molar-refractivity contribution >= 4 is 27.5 Å². The summed E-state index contributed by atoms with van der Waals surface area (Å²) in [5.74, 6) is 0.765. The van der Waals surface area contributed by atoms with Crippen molar-refractivity contribution in [3.63, 3.8) is 0 Å². The predicted octanol–water partition coefficient (Wildman–Crippen LogP) is 4.49. The van der Waals surface area contributed by atoms with Crippen molar-refractivity contribution in [1.29, 1.82) is 0 Å². The highest BCUT2D eigenvalue weighted by Crippen LogP contribution is 2.32. The summed E-state index contributed by atoms with van der Waals surface area (Å²) in [5.41, 5.74) is 7.87. The molecule has 1 atom stereocenters. The van der Waals surface area contributed by atoms with Crippen LogP contribution in [0.1, 0.15) is 17.2 Å². The van der Waals surface area contributed by atoms with Crippen molar-refractivity contribution in [2.45, 2.75) is 13.0 Å². The number of ether oxygens (including phenoxy) is 1. The van der Waals surface area contributed by atoms with E-state index in [4.69, 9.17) is 22.1 Å². The van der Waals surface area contributed by atoms with Crippen molar-refractivity contribution in [3.05, 3.63) is 63.1 Å². The third kappa shape index (κ3) is 3.50. The Hall–Kier alpha value is -1.03. The Labute approximate surface area is 126 Å². The molecular formula is C15H15BrClNO. The molecule has 0 radical (unpaired) electrons. The Balaban J connectivity index is 2.27. The van der Waals surface area contributed by atoms with Crippen LogP contribution >= 0.6 is 27.5 Å². The molecule has 0 saturated carbocycles. The fraction of sp³-hybridized carbons (Fsp3) is 0.200. The van der Waals surface area contributed by atoms with Gasteiger partial charge in [0.15, 0.2) is 0 Å². The molecule has 2 N–H and O–H groups in total. The fourth-order valence-electron chi connectivity index (χ4n) is 1.83. The van der Waals surface area contributed by atoms with Gasteiger partial charge < -0.3 is 10.5 Å². The first-order valence-electron chi connectivity index (χ1n) is 5.99. The molecule has 0 aliphatic heterocycles. The van der Waals surface area contributed by atoms with Crippen LogP contribution in [0.25, 0.3) is 0 Å². The highest BCUT2D eigenvalue weighted by atomic mass is 79.9. The molecule has 0 aromatic heterocycles. The van der Waals surface area contributed by atoms with Gasteiger partial charge >= 0.3 is 0 Å². The summed E-state index contributed by atoms with van der Waals surface area (Å²) in [6.45, 7) is 2.40. The van der Waals surface area contributed by atoms with E-state index in [-0.39, 0.29) is 6.10 Å². The molecule has 2 rings (SSSR count). The molecule has 0 saturated heterocycles. The normalized spacial score (nSPS) is 12.2. The zero-order chi connectivity index (χ0) is 13.8. The highest BCUT2D eigenvalue weighted by Gasteiger charge is 2.15. The first kappa shape index (κ1) is 14.4. The largest absolute Gasteiger partial charge is 0.483 e. The molecule has 0 bridgehead atoms. The number of aryl methyl sites for hydroxylation is 1. The van der Waals surface area contributed by atoms with Gasteiger partial charge in [-0.15, -0.1) is 0 Å². The van der Waals surface area contributed by atoms with E-state index < -0.39 is 0 Å². The van der Waals surface area contributed by atoms with Gasteiger partial charge in [-0.05, 0) is 46.6 Å². The summed E-state index contributed by atoms with van der Waals surface area (Å²) in [6, 6.07) is 13.5. The van der Waals surface area contributed by atoms with E-state index in [1.54, 1.807) is 0 Å². The number of benzene rings is 2. The lowest BCUT2D eigenvalue weighted by atomic mass is 10.1. The second-order valence-electron chi connectivity index (χ2n) is 4.30. The Morgan fingerprint density at radius 2 is 2.00 bits per heavy atom. The van der Waals surface area contributed by atoms with Crippen molar-refractivity contribution in [2.24, 2.45) is 5.73 Å². The van der Waals surface area contributed by atoms with E-state index in [1.807, 2.05) is 49.4 Å². The predicted molar refractivity (Wildman–Crippen MR) is 82.8 cm³/mol. The van der Waals surface area contributed by atoms with Gasteiger partial charge in [-0.1, -0.05) is 35.9 Å². The van der Waals surface area contributed by atoms with Crippen molar-refractivity contribution < 1.29 is 4.74 Å². The third-order valence-electron chi connectivity index (χ3n) is 2.82. The van der Waals surface area contributed by atoms with Gasteiger partial charge in [-0.2, -0.15) is 0 Å². The Morgan fingerprint density at radius 1 is 1.26 bits per heavy atom. The molecule has 1 unspecified atom stereocenters. The molecule has 2 nitrogen and oxygen atoms in total. The molecule has 0 amide bonds. The summed E-state index contributed by atoms with van der Waals surface area (Å²) in [6.07, 6.45) is -0.257. The zero-order valence-electron chi connectivity index (χ0n) is 10.6. The maximum absolute atomic E-state index is 6.18. The molecule has 4 heteroatoms. The van der Waals surface area contributed by atoms with Crippen LogP contribution in [0.2, 0.25) is 5.02 Å². The molecule has 0 heterocycles. The Bertz CT molecular complexity index is 574. The third-order valence-corrected chi connectivity index (χ3v) is 3.79. The lowest BCUT2D eigenvalue weighted by molar-refractivity contribution is 0.213. The second-order valence-corrected chi connectivity index (χ2v) is 5.56. The van der Waals surface area contributed by atoms with Gasteiger partial charge in [0, 0.05) is 17.1 Å². The maximum atomic E-state index is 6.18. The average Bonchev–Trinajstić information content (AvgIpc) is 2.39. The quantitative estimate of drug-likeness (QED) is 0.890. The number of hydrogen-bond donors (Lipinski definition) is 1. The van der Waals surface area contributed by atoms with Crippen molar-refractivity contribution in [3.8, 4) is 5.75 Å². The minimum Gasteiger partial charge on any atom is -0.483 e. The van der Waals surface area contributed by atoms with E-state index in [1.165, 1.54) is 5.56 Å². The van der Waals surface area contributed by atoms with Crippen LogP contribution in [0.15, 0.2) is 46.9 Å². The van der Waals surface area contributed by atoms with Crippen LogP contribution in [0, 0.1) is 6.92 Å². The van der Waals surface area contributed by atoms with Crippen LogP contribution in [0.3, 0.4) is 0 Å². The molecule has 2 aromatic rings. The summed E-state index contributed by atoms with van der Waals surface area (Å²) >= 11 is 9.68. The molecule has 0 aliphatic carbocycles. The topological polar surface area (TPSA) is 35.2 Å². The SMILES string of the molecule is Cc1ccc(OC(CN)c2ccccc2Cl)c(Br)c1. The van der Waals surface area contributed by atoms with Gasteiger partial charge in [0.25, 0.3) is 0 Å². The van der Waals surface area contributed by atoms with E-state index in [0.717, 1.165) is 15.8 Å². The number of nitrogens with two attached hydrogens (primary N) is 1. The fourth-order valence-corrected chi connectivity index (χ4v) is 2.67. The number of halogens is 2. The summed E-state index contributed by atoms with van der Waals surface area (Å²) in [7, 11) is 0. The Kier molecular flexibility index (Phi) is 4.86. The van der Waals surface area contributed by atoms with Gasteiger partial charge in [-0.25, -0.2) is 0 Å². The minimum atomic E-state index is -0.257. The second kappa shape index (κ2) is 6.42. The van der Waals surface area contributed by atoms with Crippen LogP contribution in [0.5, 0.6) is 5.75 Å². The average molecular weight is 341 g/mol. The molecule has 19 heavy (non-hydrogen) atoms. The first-order valence-corrected chi connectivity index (χ1v) is 7.16. The highest BCUT2D eigenvalue weighted by molar-refractivity contribution is 9.10. The van der Waals surface area contributed by atoms with Gasteiger partial charge in [0.1, 0.15) is 11.9 Å². The van der Waals surface area contributed by atoms with Gasteiger partial charge in [0.2, 0.25) is 0 Å². The lowest BCUT2D eigenvalue weighted by Gasteiger charge is -2.20. The smallest absolute Gasteiger partial charge is 0.137 e. The van der Waals surface area contributed by atoms with Crippen molar-refractivity contribution in [1.82, 2.24) is 0 Å². The van der Waals surface area contributed by atoms with E-state index >= 15 is 0 Å². The van der Waals surface area contributed by atoms with Crippen LogP contribution in [0.4, 0.5) is 0 Å². The monoisotopic (exact) mass is 339 g/mol. The zero-order valence-corrected chi connectivity index (χ0v) is 12.9. The van der Waals surface area contributed by atoms with Crippen molar-refractivity contribution in [2.75, 3.05) is 6.54 Å². The first-order chi connectivity index (χ1) is 9.11. The number of rotatable bonds is 4. The minimum absolute atomic E-state index is 0.257. The van der Waals surface area contributed by atoms with Crippen LogP contribution in [-0.2, 0) is 0 Å². The molecule has 2 aromatic carbocycles. The number of hydrogen-bond acceptors (Lipinski definition) is 2. The van der Waals surface area contributed by atoms with E-state index in [2.05, 4.69) is 15.9 Å².